The molecular weight excluding hydrogens is 484 g/mol. The third-order valence-corrected chi connectivity index (χ3v) is 6.84. The number of rotatable bonds is 8. The maximum absolute atomic E-state index is 11.3. The molecule has 1 N–H and O–H groups in total. The minimum atomic E-state index is -0.339. The van der Waals surface area contributed by atoms with Crippen LogP contribution in [0.4, 0.5) is 5.69 Å². The van der Waals surface area contributed by atoms with Crippen LogP contribution in [-0.4, -0.2) is 46.4 Å². The van der Waals surface area contributed by atoms with Crippen LogP contribution in [0.1, 0.15) is 23.6 Å². The predicted molar refractivity (Wildman–Crippen MR) is 148 cm³/mol. The average Bonchev–Trinajstić information content (AvgIpc) is 3.40. The van der Waals surface area contributed by atoms with Crippen LogP contribution in [-0.2, 0) is 0 Å². The van der Waals surface area contributed by atoms with Gasteiger partial charge in [0.25, 0.3) is 0 Å². The van der Waals surface area contributed by atoms with Crippen molar-refractivity contribution >= 4 is 22.2 Å². The van der Waals surface area contributed by atoms with Crippen molar-refractivity contribution in [2.24, 2.45) is 5.10 Å². The summed E-state index contributed by atoms with van der Waals surface area (Å²) in [5, 5.41) is 19.9. The molecule has 4 aromatic carbocycles. The van der Waals surface area contributed by atoms with Gasteiger partial charge in [-0.1, -0.05) is 30.3 Å². The van der Waals surface area contributed by atoms with Gasteiger partial charge in [0.15, 0.2) is 0 Å². The van der Waals surface area contributed by atoms with Gasteiger partial charge in [0.1, 0.15) is 40.2 Å². The number of hydrogen-bond acceptors (Lipinski definition) is 8. The van der Waals surface area contributed by atoms with Gasteiger partial charge in [0.05, 0.1) is 52.9 Å². The van der Waals surface area contributed by atoms with E-state index in [4.69, 9.17) is 28.8 Å². The number of anilines is 1. The molecule has 1 aliphatic heterocycles. The summed E-state index contributed by atoms with van der Waals surface area (Å²) in [6.07, 6.45) is 0.472. The van der Waals surface area contributed by atoms with E-state index in [1.807, 2.05) is 71.7 Å². The highest BCUT2D eigenvalue weighted by Crippen LogP contribution is 2.49. The zero-order valence-corrected chi connectivity index (χ0v) is 22.0. The summed E-state index contributed by atoms with van der Waals surface area (Å²) in [6.45, 7) is 0. The lowest BCUT2D eigenvalue weighted by atomic mass is 9.94. The van der Waals surface area contributed by atoms with Gasteiger partial charge >= 0.3 is 0 Å². The van der Waals surface area contributed by atoms with E-state index < -0.39 is 0 Å². The summed E-state index contributed by atoms with van der Waals surface area (Å²) < 4.78 is 28.2. The van der Waals surface area contributed by atoms with Crippen LogP contribution < -0.4 is 28.7 Å². The van der Waals surface area contributed by atoms with Crippen molar-refractivity contribution in [3.05, 3.63) is 77.9 Å². The van der Waals surface area contributed by atoms with Gasteiger partial charge in [0.2, 0.25) is 0 Å². The number of methoxy groups -OCH3 is 5. The molecule has 0 aliphatic carbocycles. The zero-order valence-electron chi connectivity index (χ0n) is 22.0. The number of aromatic hydroxyl groups is 1. The average molecular weight is 515 g/mol. The molecule has 0 radical (unpaired) electrons. The molecule has 1 unspecified atom stereocenters. The van der Waals surface area contributed by atoms with Crippen molar-refractivity contribution in [3.63, 3.8) is 0 Å². The summed E-state index contributed by atoms with van der Waals surface area (Å²) in [6, 6.07) is 20.5. The lowest BCUT2D eigenvalue weighted by molar-refractivity contribution is 0.363. The lowest BCUT2D eigenvalue weighted by Gasteiger charge is -2.28. The van der Waals surface area contributed by atoms with Crippen LogP contribution in [0.15, 0.2) is 71.8 Å². The second kappa shape index (κ2) is 10.4. The van der Waals surface area contributed by atoms with E-state index in [0.717, 1.165) is 27.7 Å². The molecule has 196 valence electrons. The van der Waals surface area contributed by atoms with Gasteiger partial charge in [-0.2, -0.15) is 5.10 Å². The van der Waals surface area contributed by atoms with Crippen molar-refractivity contribution in [1.82, 2.24) is 0 Å². The number of hydrogen-bond donors (Lipinski definition) is 1. The molecule has 0 saturated heterocycles. The first-order valence-corrected chi connectivity index (χ1v) is 12.1. The van der Waals surface area contributed by atoms with Crippen molar-refractivity contribution < 1.29 is 28.8 Å². The Bertz CT molecular complexity index is 1490. The third-order valence-electron chi connectivity index (χ3n) is 6.84. The van der Waals surface area contributed by atoms with Crippen LogP contribution in [0.3, 0.4) is 0 Å². The molecule has 0 spiro atoms. The fraction of sp³-hybridized carbons (Fsp3) is 0.233. The Morgan fingerprint density at radius 2 is 1.39 bits per heavy atom. The fourth-order valence-corrected chi connectivity index (χ4v) is 4.94. The highest BCUT2D eigenvalue weighted by molar-refractivity contribution is 6.09. The van der Waals surface area contributed by atoms with Crippen LogP contribution in [0.5, 0.6) is 34.5 Å². The monoisotopic (exact) mass is 514 g/mol. The molecule has 0 bridgehead atoms. The van der Waals surface area contributed by atoms with E-state index in [0.29, 0.717) is 40.7 Å². The van der Waals surface area contributed by atoms with Gasteiger partial charge in [-0.3, -0.25) is 5.01 Å². The molecule has 8 nitrogen and oxygen atoms in total. The van der Waals surface area contributed by atoms with Crippen LogP contribution >= 0.6 is 0 Å². The molecule has 0 fully saturated rings. The molecular formula is C30H30N2O6. The van der Waals surface area contributed by atoms with Crippen molar-refractivity contribution in [2.45, 2.75) is 12.5 Å². The third kappa shape index (κ3) is 4.28. The van der Waals surface area contributed by atoms with Crippen molar-refractivity contribution in [3.8, 4) is 34.5 Å². The second-order valence-electron chi connectivity index (χ2n) is 8.78. The maximum Gasteiger partial charge on any atom is 0.147 e. The normalized spacial score (nSPS) is 14.8. The topological polar surface area (TPSA) is 82.0 Å². The van der Waals surface area contributed by atoms with E-state index in [1.165, 1.54) is 0 Å². The number of phenols is 1. The Hall–Kier alpha value is -4.59. The molecule has 0 saturated carbocycles. The van der Waals surface area contributed by atoms with E-state index in [2.05, 4.69) is 0 Å². The molecule has 1 atom stereocenters. The van der Waals surface area contributed by atoms with Gasteiger partial charge in [-0.15, -0.1) is 0 Å². The van der Waals surface area contributed by atoms with Gasteiger partial charge in [-0.25, -0.2) is 0 Å². The molecule has 0 amide bonds. The highest BCUT2D eigenvalue weighted by Gasteiger charge is 2.37. The molecule has 4 aromatic rings. The Kier molecular flexibility index (Phi) is 6.87. The lowest BCUT2D eigenvalue weighted by Crippen LogP contribution is -2.20. The van der Waals surface area contributed by atoms with E-state index in [9.17, 15) is 5.11 Å². The maximum atomic E-state index is 11.3. The fourth-order valence-electron chi connectivity index (χ4n) is 4.94. The molecule has 38 heavy (non-hydrogen) atoms. The number of benzene rings is 4. The summed E-state index contributed by atoms with van der Waals surface area (Å²) in [7, 11) is 8.04. The van der Waals surface area contributed by atoms with E-state index in [-0.39, 0.29) is 11.8 Å². The minimum absolute atomic E-state index is 0.192. The van der Waals surface area contributed by atoms with Crippen LogP contribution in [0.2, 0.25) is 0 Å². The van der Waals surface area contributed by atoms with Crippen molar-refractivity contribution in [2.75, 3.05) is 40.6 Å². The SMILES string of the molecule is COc1ccc(N2N=C(c3ccc4ccccc4c3O)CC2c2c(OC)cc(OC)cc2OC)c(OC)c1. The molecule has 0 aromatic heterocycles. The van der Waals surface area contributed by atoms with Gasteiger partial charge in [0, 0.05) is 35.6 Å². The number of ether oxygens (including phenoxy) is 5. The van der Waals surface area contributed by atoms with Crippen molar-refractivity contribution in [1.29, 1.82) is 0 Å². The summed E-state index contributed by atoms with van der Waals surface area (Å²) in [4.78, 5) is 0. The van der Waals surface area contributed by atoms with E-state index >= 15 is 0 Å². The number of fused-ring (bicyclic) bond motifs is 1. The summed E-state index contributed by atoms with van der Waals surface area (Å²) >= 11 is 0. The van der Waals surface area contributed by atoms with Gasteiger partial charge < -0.3 is 28.8 Å². The standard InChI is InChI=1S/C30H30N2O6/c1-34-19-11-13-24(26(14-19)36-3)32-25(29-27(37-4)15-20(35-2)16-28(29)38-5)17-23(31-32)22-12-10-18-8-6-7-9-21(18)30(22)33/h6-16,25,33H,17H2,1-5H3. The first-order valence-electron chi connectivity index (χ1n) is 12.1. The van der Waals surface area contributed by atoms with Crippen LogP contribution in [0.25, 0.3) is 10.8 Å². The smallest absolute Gasteiger partial charge is 0.147 e. The zero-order chi connectivity index (χ0) is 26.8. The number of hydrazone groups is 1. The summed E-state index contributed by atoms with van der Waals surface area (Å²) in [5.74, 6) is 3.26. The Morgan fingerprint density at radius 3 is 2.05 bits per heavy atom. The predicted octanol–water partition coefficient (Wildman–Crippen LogP) is 5.94. The largest absolute Gasteiger partial charge is 0.507 e. The first kappa shape index (κ1) is 25.1. The number of phenolic OH excluding ortho intramolecular Hbond substituents is 1. The number of nitrogens with zero attached hydrogens (tertiary/aromatic N) is 2. The molecule has 1 heterocycles. The molecule has 1 aliphatic rings. The first-order chi connectivity index (χ1) is 18.5. The highest BCUT2D eigenvalue weighted by atomic mass is 16.5. The van der Waals surface area contributed by atoms with E-state index in [1.54, 1.807) is 35.5 Å². The van der Waals surface area contributed by atoms with Crippen LogP contribution in [0, 0.1) is 0 Å². The Morgan fingerprint density at radius 1 is 0.737 bits per heavy atom. The molecule has 5 rings (SSSR count). The van der Waals surface area contributed by atoms with Gasteiger partial charge in [-0.05, 0) is 23.6 Å². The Balaban J connectivity index is 1.71. The quantitative estimate of drug-likeness (QED) is 0.311. The minimum Gasteiger partial charge on any atom is -0.507 e. The molecule has 8 heteroatoms. The Labute approximate surface area is 221 Å². The second-order valence-corrected chi connectivity index (χ2v) is 8.78. The summed E-state index contributed by atoms with van der Waals surface area (Å²) in [5.41, 5.74) is 2.91.